The largest absolute Gasteiger partial charge is 0.359 e. The zero-order chi connectivity index (χ0) is 13.8. The number of rotatable bonds is 4. The summed E-state index contributed by atoms with van der Waals surface area (Å²) in [6.45, 7) is 2.07. The fraction of sp³-hybridized carbons (Fsp3) is 0.938. The minimum absolute atomic E-state index is 0.402. The molecule has 0 aromatic rings. The van der Waals surface area contributed by atoms with Crippen molar-refractivity contribution in [3.05, 3.63) is 0 Å². The molecule has 1 saturated heterocycles. The molecule has 114 valence electrons. The molecule has 1 aliphatic heterocycles. The van der Waals surface area contributed by atoms with Crippen molar-refractivity contribution in [2.75, 3.05) is 25.9 Å². The molecule has 0 bridgehead atoms. The quantitative estimate of drug-likeness (QED) is 0.863. The molecule has 4 heteroatoms. The highest BCUT2D eigenvalue weighted by molar-refractivity contribution is 8.14. The molecule has 0 aromatic carbocycles. The van der Waals surface area contributed by atoms with Crippen molar-refractivity contribution in [2.45, 2.75) is 69.4 Å². The number of amidine groups is 1. The minimum atomic E-state index is 0.402. The maximum absolute atomic E-state index is 4.81. The smallest absolute Gasteiger partial charge is 0.157 e. The maximum atomic E-state index is 4.81. The summed E-state index contributed by atoms with van der Waals surface area (Å²) >= 11 is 1.95. The van der Waals surface area contributed by atoms with E-state index in [0.717, 1.165) is 19.1 Å². The third-order valence-electron chi connectivity index (χ3n) is 5.32. The molecule has 0 aromatic heterocycles. The molecule has 0 radical (unpaired) electrons. The highest BCUT2D eigenvalue weighted by Crippen LogP contribution is 2.36. The second kappa shape index (κ2) is 6.69. The van der Waals surface area contributed by atoms with Gasteiger partial charge in [0.25, 0.3) is 0 Å². The Hall–Kier alpha value is -0.220. The average Bonchev–Trinajstić information content (AvgIpc) is 3.10. The van der Waals surface area contributed by atoms with Crippen molar-refractivity contribution in [1.82, 2.24) is 10.2 Å². The van der Waals surface area contributed by atoms with Crippen LogP contribution in [0.5, 0.6) is 0 Å². The van der Waals surface area contributed by atoms with E-state index in [2.05, 4.69) is 17.3 Å². The summed E-state index contributed by atoms with van der Waals surface area (Å²) in [5, 5.41) is 4.96. The Morgan fingerprint density at radius 3 is 2.70 bits per heavy atom. The Balaban J connectivity index is 1.43. The zero-order valence-corrected chi connectivity index (χ0v) is 13.7. The van der Waals surface area contributed by atoms with Crippen LogP contribution in [0, 0.1) is 0 Å². The van der Waals surface area contributed by atoms with Crippen molar-refractivity contribution in [3.8, 4) is 0 Å². The molecular weight excluding hydrogens is 266 g/mol. The van der Waals surface area contributed by atoms with Gasteiger partial charge >= 0.3 is 0 Å². The first kappa shape index (κ1) is 14.7. The van der Waals surface area contributed by atoms with Crippen LogP contribution in [0.4, 0.5) is 0 Å². The van der Waals surface area contributed by atoms with Crippen LogP contribution in [-0.2, 0) is 0 Å². The molecule has 1 heterocycles. The molecule has 0 amide bonds. The van der Waals surface area contributed by atoms with E-state index in [0.29, 0.717) is 5.54 Å². The Morgan fingerprint density at radius 2 is 1.95 bits per heavy atom. The number of thioether (sulfide) groups is 1. The van der Waals surface area contributed by atoms with Crippen LogP contribution in [0.25, 0.3) is 0 Å². The normalized spacial score (nSPS) is 28.6. The summed E-state index contributed by atoms with van der Waals surface area (Å²) in [6.07, 6.45) is 12.5. The van der Waals surface area contributed by atoms with E-state index < -0.39 is 0 Å². The first-order valence-corrected chi connectivity index (χ1v) is 9.42. The monoisotopic (exact) mass is 295 g/mol. The SMILES string of the molecule is CN(CCN=C1NC2(CCCCC2)CS1)C1CCCC1. The highest BCUT2D eigenvalue weighted by Gasteiger charge is 2.37. The van der Waals surface area contributed by atoms with Crippen LogP contribution >= 0.6 is 11.8 Å². The van der Waals surface area contributed by atoms with Gasteiger partial charge in [-0.3, -0.25) is 4.99 Å². The van der Waals surface area contributed by atoms with Crippen LogP contribution in [-0.4, -0.2) is 47.5 Å². The second-order valence-corrected chi connectivity index (χ2v) is 7.82. The summed E-state index contributed by atoms with van der Waals surface area (Å²) in [5.41, 5.74) is 0.402. The lowest BCUT2D eigenvalue weighted by Gasteiger charge is -2.32. The molecule has 0 unspecified atom stereocenters. The fourth-order valence-electron chi connectivity index (χ4n) is 3.93. The van der Waals surface area contributed by atoms with Gasteiger partial charge in [-0.05, 0) is 32.7 Å². The summed E-state index contributed by atoms with van der Waals surface area (Å²) in [7, 11) is 2.27. The van der Waals surface area contributed by atoms with E-state index in [-0.39, 0.29) is 0 Å². The summed E-state index contributed by atoms with van der Waals surface area (Å²) in [4.78, 5) is 7.33. The van der Waals surface area contributed by atoms with E-state index in [9.17, 15) is 0 Å². The first-order chi connectivity index (χ1) is 9.77. The number of hydrogen-bond acceptors (Lipinski definition) is 3. The molecule has 1 N–H and O–H groups in total. The average molecular weight is 295 g/mol. The van der Waals surface area contributed by atoms with Gasteiger partial charge in [0, 0.05) is 23.9 Å². The van der Waals surface area contributed by atoms with Gasteiger partial charge in [-0.2, -0.15) is 0 Å². The summed E-state index contributed by atoms with van der Waals surface area (Å²) < 4.78 is 0. The van der Waals surface area contributed by atoms with E-state index in [4.69, 9.17) is 4.99 Å². The molecule has 3 rings (SSSR count). The van der Waals surface area contributed by atoms with E-state index in [1.807, 2.05) is 11.8 Å². The Bertz CT molecular complexity index is 344. The van der Waals surface area contributed by atoms with Crippen molar-refractivity contribution in [3.63, 3.8) is 0 Å². The molecule has 1 spiro atoms. The van der Waals surface area contributed by atoms with Gasteiger partial charge in [-0.15, -0.1) is 0 Å². The molecule has 0 atom stereocenters. The minimum Gasteiger partial charge on any atom is -0.359 e. The molecule has 20 heavy (non-hydrogen) atoms. The number of likely N-dealkylation sites (N-methyl/N-ethyl adjacent to an activating group) is 1. The molecular formula is C16H29N3S. The number of aliphatic imine (C=N–C) groups is 1. The number of hydrogen-bond donors (Lipinski definition) is 1. The van der Waals surface area contributed by atoms with E-state index in [1.54, 1.807) is 0 Å². The van der Waals surface area contributed by atoms with Crippen molar-refractivity contribution in [1.29, 1.82) is 0 Å². The van der Waals surface area contributed by atoms with Gasteiger partial charge in [0.05, 0.1) is 6.54 Å². The standard InChI is InChI=1S/C16H29N3S/c1-19(14-7-3-4-8-14)12-11-17-15-18-16(13-20-15)9-5-2-6-10-16/h14H,2-13H2,1H3,(H,17,18). The Kier molecular flexibility index (Phi) is 4.92. The molecule has 3 fully saturated rings. The Morgan fingerprint density at radius 1 is 1.20 bits per heavy atom. The molecule has 2 saturated carbocycles. The zero-order valence-electron chi connectivity index (χ0n) is 12.9. The van der Waals surface area contributed by atoms with Gasteiger partial charge < -0.3 is 10.2 Å². The van der Waals surface area contributed by atoms with Crippen LogP contribution in [0.3, 0.4) is 0 Å². The first-order valence-electron chi connectivity index (χ1n) is 8.43. The van der Waals surface area contributed by atoms with Gasteiger partial charge in [-0.1, -0.05) is 43.9 Å². The van der Waals surface area contributed by atoms with Crippen molar-refractivity contribution in [2.24, 2.45) is 4.99 Å². The molecule has 2 aliphatic carbocycles. The summed E-state index contributed by atoms with van der Waals surface area (Å²) in [6, 6.07) is 0.823. The maximum Gasteiger partial charge on any atom is 0.157 e. The van der Waals surface area contributed by atoms with E-state index in [1.165, 1.54) is 68.7 Å². The second-order valence-electron chi connectivity index (χ2n) is 6.86. The van der Waals surface area contributed by atoms with Gasteiger partial charge in [0.1, 0.15) is 0 Å². The van der Waals surface area contributed by atoms with Crippen LogP contribution in [0.15, 0.2) is 4.99 Å². The van der Waals surface area contributed by atoms with Crippen molar-refractivity contribution >= 4 is 16.9 Å². The fourth-order valence-corrected chi connectivity index (χ4v) is 5.17. The van der Waals surface area contributed by atoms with Gasteiger partial charge in [-0.25, -0.2) is 0 Å². The molecule has 3 nitrogen and oxygen atoms in total. The Labute approximate surface area is 128 Å². The lowest BCUT2D eigenvalue weighted by Crippen LogP contribution is -2.45. The van der Waals surface area contributed by atoms with Gasteiger partial charge in [0.15, 0.2) is 5.17 Å². The lowest BCUT2D eigenvalue weighted by molar-refractivity contribution is 0.252. The topological polar surface area (TPSA) is 27.6 Å². The van der Waals surface area contributed by atoms with Crippen molar-refractivity contribution < 1.29 is 0 Å². The predicted octanol–water partition coefficient (Wildman–Crippen LogP) is 3.26. The third-order valence-corrected chi connectivity index (χ3v) is 6.53. The van der Waals surface area contributed by atoms with E-state index >= 15 is 0 Å². The summed E-state index contributed by atoms with van der Waals surface area (Å²) in [5.74, 6) is 1.24. The third kappa shape index (κ3) is 3.51. The highest BCUT2D eigenvalue weighted by atomic mass is 32.2. The van der Waals surface area contributed by atoms with Crippen LogP contribution < -0.4 is 5.32 Å². The number of nitrogens with one attached hydrogen (secondary N) is 1. The molecule has 3 aliphatic rings. The lowest BCUT2D eigenvalue weighted by atomic mass is 9.83. The van der Waals surface area contributed by atoms with Gasteiger partial charge in [0.2, 0.25) is 0 Å². The van der Waals surface area contributed by atoms with Crippen LogP contribution in [0.2, 0.25) is 0 Å². The predicted molar refractivity (Wildman–Crippen MR) is 88.6 cm³/mol. The number of nitrogens with zero attached hydrogens (tertiary/aromatic N) is 2. The van der Waals surface area contributed by atoms with Crippen LogP contribution in [0.1, 0.15) is 57.8 Å².